The number of nitrogens with one attached hydrogen (secondary N) is 2. The number of aliphatic imine (C=N–C) groups is 1. The molecule has 0 spiro atoms. The predicted octanol–water partition coefficient (Wildman–Crippen LogP) is 3.62. The molecular weight excluding hydrogens is 332 g/mol. The van der Waals surface area contributed by atoms with Gasteiger partial charge in [-0.25, -0.2) is 4.98 Å². The molecule has 0 unspecified atom stereocenters. The van der Waals surface area contributed by atoms with Gasteiger partial charge < -0.3 is 15.1 Å². The Kier molecular flexibility index (Phi) is 6.45. The van der Waals surface area contributed by atoms with Gasteiger partial charge in [0.05, 0.1) is 21.5 Å². The average Bonchev–Trinajstić information content (AvgIpc) is 3.27. The van der Waals surface area contributed by atoms with E-state index in [4.69, 9.17) is 4.42 Å². The van der Waals surface area contributed by atoms with E-state index in [-0.39, 0.29) is 0 Å². The van der Waals surface area contributed by atoms with Crippen molar-refractivity contribution in [3.8, 4) is 0 Å². The largest absolute Gasteiger partial charge is 0.469 e. The van der Waals surface area contributed by atoms with E-state index >= 15 is 0 Å². The van der Waals surface area contributed by atoms with E-state index in [1.165, 1.54) is 9.71 Å². The molecule has 25 heavy (non-hydrogen) atoms. The minimum atomic E-state index is 0.784. The highest BCUT2D eigenvalue weighted by Crippen LogP contribution is 2.22. The van der Waals surface area contributed by atoms with E-state index in [2.05, 4.69) is 45.7 Å². The summed E-state index contributed by atoms with van der Waals surface area (Å²) in [6.07, 6.45) is 4.52. The van der Waals surface area contributed by atoms with E-state index in [1.54, 1.807) is 17.6 Å². The second-order valence-corrected chi connectivity index (χ2v) is 6.81. The molecule has 0 aliphatic carbocycles. The van der Waals surface area contributed by atoms with Gasteiger partial charge in [0, 0.05) is 32.5 Å². The Morgan fingerprint density at radius 1 is 1.16 bits per heavy atom. The molecule has 0 saturated carbocycles. The van der Waals surface area contributed by atoms with Crippen molar-refractivity contribution in [2.75, 3.05) is 19.6 Å². The van der Waals surface area contributed by atoms with Crippen molar-refractivity contribution < 1.29 is 4.42 Å². The van der Waals surface area contributed by atoms with Gasteiger partial charge in [-0.1, -0.05) is 12.1 Å². The van der Waals surface area contributed by atoms with Crippen LogP contribution in [0.3, 0.4) is 0 Å². The molecule has 3 aromatic rings. The van der Waals surface area contributed by atoms with Gasteiger partial charge in [-0.05, 0) is 37.6 Å². The van der Waals surface area contributed by atoms with Crippen LogP contribution in [-0.2, 0) is 12.8 Å². The number of thiazole rings is 1. The number of benzene rings is 1. The first-order valence-electron chi connectivity index (χ1n) is 8.74. The van der Waals surface area contributed by atoms with E-state index in [0.29, 0.717) is 0 Å². The molecule has 0 radical (unpaired) electrons. The second kappa shape index (κ2) is 9.22. The summed E-state index contributed by atoms with van der Waals surface area (Å²) in [5.41, 5.74) is 1.10. The van der Waals surface area contributed by atoms with Crippen molar-refractivity contribution in [1.82, 2.24) is 15.6 Å². The van der Waals surface area contributed by atoms with Crippen molar-refractivity contribution in [3.05, 3.63) is 53.4 Å². The number of nitrogens with zero attached hydrogens (tertiary/aromatic N) is 2. The zero-order valence-corrected chi connectivity index (χ0v) is 15.3. The Hall–Kier alpha value is -2.34. The Bertz CT molecular complexity index is 762. The molecule has 0 saturated heterocycles. The first kappa shape index (κ1) is 17.5. The fourth-order valence-electron chi connectivity index (χ4n) is 2.55. The lowest BCUT2D eigenvalue weighted by molar-refractivity contribution is 0.507. The lowest BCUT2D eigenvalue weighted by Crippen LogP contribution is -2.38. The minimum absolute atomic E-state index is 0.784. The van der Waals surface area contributed by atoms with Gasteiger partial charge in [0.15, 0.2) is 5.96 Å². The molecular formula is C19H24N4OS. The summed E-state index contributed by atoms with van der Waals surface area (Å²) in [7, 11) is 0. The summed E-state index contributed by atoms with van der Waals surface area (Å²) in [4.78, 5) is 9.31. The van der Waals surface area contributed by atoms with Crippen molar-refractivity contribution in [2.45, 2.75) is 26.2 Å². The second-order valence-electron chi connectivity index (χ2n) is 5.70. The summed E-state index contributed by atoms with van der Waals surface area (Å²) in [6.45, 7) is 4.51. The normalized spacial score (nSPS) is 11.8. The number of guanidine groups is 1. The number of rotatable bonds is 8. The zero-order chi connectivity index (χ0) is 17.3. The van der Waals surface area contributed by atoms with Crippen LogP contribution in [0.5, 0.6) is 0 Å². The third-order valence-corrected chi connectivity index (χ3v) is 4.84. The maximum atomic E-state index is 5.34. The van der Waals surface area contributed by atoms with Crippen LogP contribution in [0, 0.1) is 0 Å². The predicted molar refractivity (Wildman–Crippen MR) is 104 cm³/mol. The number of hydrogen-bond donors (Lipinski definition) is 2. The fraction of sp³-hybridized carbons (Fsp3) is 0.368. The molecule has 0 aliphatic rings. The van der Waals surface area contributed by atoms with E-state index in [1.807, 2.05) is 18.2 Å². The van der Waals surface area contributed by atoms with Crippen LogP contribution in [0.1, 0.15) is 24.1 Å². The van der Waals surface area contributed by atoms with Crippen LogP contribution in [-0.4, -0.2) is 30.6 Å². The van der Waals surface area contributed by atoms with Crippen LogP contribution in [0.2, 0.25) is 0 Å². The Labute approximate surface area is 152 Å². The smallest absolute Gasteiger partial charge is 0.191 e. The van der Waals surface area contributed by atoms with E-state index in [0.717, 1.165) is 56.1 Å². The Morgan fingerprint density at radius 2 is 2.08 bits per heavy atom. The molecule has 6 heteroatoms. The molecule has 2 N–H and O–H groups in total. The summed E-state index contributed by atoms with van der Waals surface area (Å²) in [5, 5.41) is 7.81. The molecule has 2 heterocycles. The summed E-state index contributed by atoms with van der Waals surface area (Å²) >= 11 is 1.78. The van der Waals surface area contributed by atoms with Gasteiger partial charge in [-0.3, -0.25) is 4.99 Å². The first-order chi connectivity index (χ1) is 12.3. The quantitative estimate of drug-likeness (QED) is 0.368. The van der Waals surface area contributed by atoms with Gasteiger partial charge in [0.1, 0.15) is 5.76 Å². The van der Waals surface area contributed by atoms with Gasteiger partial charge in [0.25, 0.3) is 0 Å². The molecule has 1 aromatic carbocycles. The number of para-hydroxylation sites is 1. The van der Waals surface area contributed by atoms with Crippen molar-refractivity contribution >= 4 is 27.5 Å². The molecule has 2 aromatic heterocycles. The van der Waals surface area contributed by atoms with Gasteiger partial charge >= 0.3 is 0 Å². The van der Waals surface area contributed by atoms with Crippen LogP contribution in [0.4, 0.5) is 0 Å². The topological polar surface area (TPSA) is 62.5 Å². The highest BCUT2D eigenvalue weighted by atomic mass is 32.1. The summed E-state index contributed by atoms with van der Waals surface area (Å²) in [6, 6.07) is 12.2. The van der Waals surface area contributed by atoms with Gasteiger partial charge in [-0.2, -0.15) is 0 Å². The molecule has 0 bridgehead atoms. The highest BCUT2D eigenvalue weighted by molar-refractivity contribution is 7.18. The van der Waals surface area contributed by atoms with Crippen LogP contribution < -0.4 is 10.6 Å². The Morgan fingerprint density at radius 3 is 2.88 bits per heavy atom. The molecule has 0 aliphatic heterocycles. The van der Waals surface area contributed by atoms with Gasteiger partial charge in [-0.15, -0.1) is 11.3 Å². The number of hydrogen-bond acceptors (Lipinski definition) is 4. The maximum absolute atomic E-state index is 5.34. The zero-order valence-electron chi connectivity index (χ0n) is 14.5. The molecule has 0 atom stereocenters. The SMILES string of the molecule is CCNC(=NCCCc1nc2ccccc2s1)NCCc1ccco1. The fourth-order valence-corrected chi connectivity index (χ4v) is 3.56. The van der Waals surface area contributed by atoms with Crippen molar-refractivity contribution in [2.24, 2.45) is 4.99 Å². The number of aryl methyl sites for hydroxylation is 1. The highest BCUT2D eigenvalue weighted by Gasteiger charge is 2.03. The molecule has 0 fully saturated rings. The molecule has 0 amide bonds. The van der Waals surface area contributed by atoms with Crippen LogP contribution in [0.15, 0.2) is 52.1 Å². The Balaban J connectivity index is 1.44. The standard InChI is InChI=1S/C19H24N4OS/c1-2-20-19(22-13-11-15-7-6-14-24-15)21-12-5-10-18-23-16-8-3-4-9-17(16)25-18/h3-4,6-9,14H,2,5,10-13H2,1H3,(H2,20,21,22). The number of fused-ring (bicyclic) bond motifs is 1. The van der Waals surface area contributed by atoms with Crippen molar-refractivity contribution in [1.29, 1.82) is 0 Å². The minimum Gasteiger partial charge on any atom is -0.469 e. The van der Waals surface area contributed by atoms with E-state index < -0.39 is 0 Å². The summed E-state index contributed by atoms with van der Waals surface area (Å²) in [5.74, 6) is 1.84. The maximum Gasteiger partial charge on any atom is 0.191 e. The monoisotopic (exact) mass is 356 g/mol. The first-order valence-corrected chi connectivity index (χ1v) is 9.56. The molecule has 5 nitrogen and oxygen atoms in total. The third-order valence-electron chi connectivity index (χ3n) is 3.75. The van der Waals surface area contributed by atoms with Gasteiger partial charge in [0.2, 0.25) is 0 Å². The molecule has 132 valence electrons. The van der Waals surface area contributed by atoms with Crippen molar-refractivity contribution in [3.63, 3.8) is 0 Å². The lowest BCUT2D eigenvalue weighted by Gasteiger charge is -2.10. The summed E-state index contributed by atoms with van der Waals surface area (Å²) < 4.78 is 6.60. The van der Waals surface area contributed by atoms with Crippen LogP contribution in [0.25, 0.3) is 10.2 Å². The number of aromatic nitrogens is 1. The van der Waals surface area contributed by atoms with E-state index in [9.17, 15) is 0 Å². The third kappa shape index (κ3) is 5.32. The lowest BCUT2D eigenvalue weighted by atomic mass is 10.3. The number of furan rings is 1. The average molecular weight is 356 g/mol. The van der Waals surface area contributed by atoms with Crippen LogP contribution >= 0.6 is 11.3 Å². The molecule has 3 rings (SSSR count).